The Hall–Kier alpha value is -0.610. The first-order chi connectivity index (χ1) is 6.80. The third-order valence-electron chi connectivity index (χ3n) is 2.45. The van der Waals surface area contributed by atoms with Crippen LogP contribution < -0.4 is 11.1 Å². The molecule has 0 aromatic heterocycles. The van der Waals surface area contributed by atoms with E-state index in [0.717, 1.165) is 6.42 Å². The molecule has 15 heavy (non-hydrogen) atoms. The molecular formula is C11H24N2O2. The van der Waals surface area contributed by atoms with Crippen LogP contribution >= 0.6 is 0 Å². The molecule has 4 N–H and O–H groups in total. The van der Waals surface area contributed by atoms with Gasteiger partial charge in [0.05, 0.1) is 11.6 Å². The summed E-state index contributed by atoms with van der Waals surface area (Å²) in [6.07, 6.45) is 1.56. The van der Waals surface area contributed by atoms with Gasteiger partial charge < -0.3 is 16.2 Å². The van der Waals surface area contributed by atoms with Crippen molar-refractivity contribution in [2.75, 3.05) is 6.54 Å². The number of amides is 1. The van der Waals surface area contributed by atoms with Crippen LogP contribution in [-0.2, 0) is 4.79 Å². The SMILES string of the molecule is CCCC(C)(O)CNC(=O)[C@H](N)C(C)C. The van der Waals surface area contributed by atoms with Crippen molar-refractivity contribution in [2.45, 2.75) is 52.2 Å². The van der Waals surface area contributed by atoms with Gasteiger partial charge >= 0.3 is 0 Å². The number of nitrogens with two attached hydrogens (primary N) is 1. The molecule has 4 heteroatoms. The van der Waals surface area contributed by atoms with Crippen LogP contribution in [0.15, 0.2) is 0 Å². The Morgan fingerprint density at radius 1 is 1.53 bits per heavy atom. The lowest BCUT2D eigenvalue weighted by molar-refractivity contribution is -0.124. The summed E-state index contributed by atoms with van der Waals surface area (Å²) in [7, 11) is 0. The van der Waals surface area contributed by atoms with Crippen molar-refractivity contribution in [3.63, 3.8) is 0 Å². The molecule has 0 spiro atoms. The fraction of sp³-hybridized carbons (Fsp3) is 0.909. The number of nitrogens with one attached hydrogen (secondary N) is 1. The summed E-state index contributed by atoms with van der Waals surface area (Å²) in [5.74, 6) is -0.0810. The van der Waals surface area contributed by atoms with Gasteiger partial charge in [0.1, 0.15) is 0 Å². The maximum absolute atomic E-state index is 11.5. The first-order valence-electron chi connectivity index (χ1n) is 5.56. The van der Waals surface area contributed by atoms with Crippen LogP contribution in [0.25, 0.3) is 0 Å². The quantitative estimate of drug-likeness (QED) is 0.610. The van der Waals surface area contributed by atoms with Crippen molar-refractivity contribution in [3.8, 4) is 0 Å². The summed E-state index contributed by atoms with van der Waals surface area (Å²) < 4.78 is 0. The van der Waals surface area contributed by atoms with Crippen LogP contribution in [0.2, 0.25) is 0 Å². The second-order valence-corrected chi connectivity index (χ2v) is 4.73. The third kappa shape index (κ3) is 5.74. The summed E-state index contributed by atoms with van der Waals surface area (Å²) in [5.41, 5.74) is 4.84. The van der Waals surface area contributed by atoms with E-state index in [1.165, 1.54) is 0 Å². The molecule has 1 unspecified atom stereocenters. The van der Waals surface area contributed by atoms with E-state index in [4.69, 9.17) is 5.73 Å². The van der Waals surface area contributed by atoms with Gasteiger partial charge in [-0.05, 0) is 19.3 Å². The lowest BCUT2D eigenvalue weighted by Crippen LogP contribution is -2.48. The molecule has 1 amide bonds. The maximum atomic E-state index is 11.5. The molecule has 0 aromatic rings. The largest absolute Gasteiger partial charge is 0.388 e. The summed E-state index contributed by atoms with van der Waals surface area (Å²) >= 11 is 0. The van der Waals surface area contributed by atoms with E-state index in [1.54, 1.807) is 6.92 Å². The van der Waals surface area contributed by atoms with Gasteiger partial charge in [-0.2, -0.15) is 0 Å². The minimum absolute atomic E-state index is 0.112. The van der Waals surface area contributed by atoms with Crippen LogP contribution in [0.1, 0.15) is 40.5 Å². The Bertz CT molecular complexity index is 203. The molecule has 90 valence electrons. The van der Waals surface area contributed by atoms with Gasteiger partial charge in [-0.15, -0.1) is 0 Å². The molecule has 0 rings (SSSR count). The average molecular weight is 216 g/mol. The van der Waals surface area contributed by atoms with Gasteiger partial charge in [-0.1, -0.05) is 27.2 Å². The molecule has 0 heterocycles. The lowest BCUT2D eigenvalue weighted by atomic mass is 10.00. The number of carbonyl (C=O) groups is 1. The topological polar surface area (TPSA) is 75.3 Å². The number of hydrogen-bond donors (Lipinski definition) is 3. The summed E-state index contributed by atoms with van der Waals surface area (Å²) in [6.45, 7) is 7.77. The molecule has 0 aliphatic heterocycles. The average Bonchev–Trinajstić information content (AvgIpc) is 2.13. The summed E-state index contributed by atoms with van der Waals surface area (Å²) in [6, 6.07) is -0.498. The molecule has 0 fully saturated rings. The van der Waals surface area contributed by atoms with Crippen molar-refractivity contribution < 1.29 is 9.90 Å². The number of rotatable bonds is 6. The van der Waals surface area contributed by atoms with Crippen LogP contribution in [0, 0.1) is 5.92 Å². The van der Waals surface area contributed by atoms with Gasteiger partial charge in [-0.25, -0.2) is 0 Å². The maximum Gasteiger partial charge on any atom is 0.237 e. The zero-order valence-corrected chi connectivity index (χ0v) is 10.2. The molecule has 0 aliphatic carbocycles. The highest BCUT2D eigenvalue weighted by Gasteiger charge is 2.23. The van der Waals surface area contributed by atoms with E-state index in [1.807, 2.05) is 20.8 Å². The van der Waals surface area contributed by atoms with Crippen molar-refractivity contribution in [1.82, 2.24) is 5.32 Å². The highest BCUT2D eigenvalue weighted by molar-refractivity contribution is 5.81. The van der Waals surface area contributed by atoms with Crippen LogP contribution in [0.5, 0.6) is 0 Å². The van der Waals surface area contributed by atoms with Gasteiger partial charge in [0.2, 0.25) is 5.91 Å². The van der Waals surface area contributed by atoms with Gasteiger partial charge in [0.25, 0.3) is 0 Å². The number of aliphatic hydroxyl groups is 1. The van der Waals surface area contributed by atoms with E-state index in [0.29, 0.717) is 6.42 Å². The minimum Gasteiger partial charge on any atom is -0.388 e. The zero-order chi connectivity index (χ0) is 12.1. The van der Waals surface area contributed by atoms with Gasteiger partial charge in [0.15, 0.2) is 0 Å². The molecule has 0 aliphatic rings. The Labute approximate surface area is 92.2 Å². The smallest absolute Gasteiger partial charge is 0.237 e. The summed E-state index contributed by atoms with van der Waals surface area (Å²) in [4.78, 5) is 11.5. The van der Waals surface area contributed by atoms with Crippen molar-refractivity contribution in [1.29, 1.82) is 0 Å². The van der Waals surface area contributed by atoms with Crippen molar-refractivity contribution in [3.05, 3.63) is 0 Å². The molecule has 0 radical (unpaired) electrons. The van der Waals surface area contributed by atoms with Crippen LogP contribution in [0.4, 0.5) is 0 Å². The van der Waals surface area contributed by atoms with E-state index >= 15 is 0 Å². The molecule has 0 saturated carbocycles. The minimum atomic E-state index is -0.832. The molecule has 2 atom stereocenters. The second kappa shape index (κ2) is 6.08. The lowest BCUT2D eigenvalue weighted by Gasteiger charge is -2.24. The van der Waals surface area contributed by atoms with Crippen molar-refractivity contribution >= 4 is 5.91 Å². The first-order valence-corrected chi connectivity index (χ1v) is 5.56. The van der Waals surface area contributed by atoms with E-state index in [9.17, 15) is 9.90 Å². The van der Waals surface area contributed by atoms with Gasteiger partial charge in [0, 0.05) is 6.54 Å². The Kier molecular flexibility index (Phi) is 5.83. The van der Waals surface area contributed by atoms with Crippen molar-refractivity contribution in [2.24, 2.45) is 11.7 Å². The third-order valence-corrected chi connectivity index (χ3v) is 2.45. The second-order valence-electron chi connectivity index (χ2n) is 4.73. The number of hydrogen-bond acceptors (Lipinski definition) is 3. The van der Waals surface area contributed by atoms with Gasteiger partial charge in [-0.3, -0.25) is 4.79 Å². The highest BCUT2D eigenvalue weighted by atomic mass is 16.3. The van der Waals surface area contributed by atoms with E-state index in [-0.39, 0.29) is 18.4 Å². The van der Waals surface area contributed by atoms with Crippen LogP contribution in [-0.4, -0.2) is 29.2 Å². The molecule has 0 bridgehead atoms. The molecular weight excluding hydrogens is 192 g/mol. The number of carbonyl (C=O) groups excluding carboxylic acids is 1. The van der Waals surface area contributed by atoms with Crippen LogP contribution in [0.3, 0.4) is 0 Å². The monoisotopic (exact) mass is 216 g/mol. The molecule has 4 nitrogen and oxygen atoms in total. The Balaban J connectivity index is 4.00. The fourth-order valence-corrected chi connectivity index (χ4v) is 1.33. The molecule has 0 saturated heterocycles. The fourth-order valence-electron chi connectivity index (χ4n) is 1.33. The highest BCUT2D eigenvalue weighted by Crippen LogP contribution is 2.10. The Morgan fingerprint density at radius 3 is 2.47 bits per heavy atom. The van der Waals surface area contributed by atoms with E-state index < -0.39 is 11.6 Å². The standard InChI is InChI=1S/C11H24N2O2/c1-5-6-11(4,15)7-13-10(14)9(12)8(2)3/h8-9,15H,5-7,12H2,1-4H3,(H,13,14)/t9-,11?/m1/s1. The zero-order valence-electron chi connectivity index (χ0n) is 10.2. The van der Waals surface area contributed by atoms with E-state index in [2.05, 4.69) is 5.32 Å². The molecule has 0 aromatic carbocycles. The summed E-state index contributed by atoms with van der Waals surface area (Å²) in [5, 5.41) is 12.5. The normalized spacial score (nSPS) is 17.3. The Morgan fingerprint density at radius 2 is 2.07 bits per heavy atom. The predicted molar refractivity (Wildman–Crippen MR) is 61.4 cm³/mol. The predicted octanol–water partition coefficient (Wildman–Crippen LogP) is 0.637. The first kappa shape index (κ1) is 14.4.